The molecule has 1 aromatic rings. The molecule has 3 saturated heterocycles. The number of aromatic nitrogens is 1. The van der Waals surface area contributed by atoms with Crippen LogP contribution in [0.3, 0.4) is 0 Å². The molecule has 202 valence electrons. The number of hydrogen-bond acceptors (Lipinski definition) is 6. The van der Waals surface area contributed by atoms with Gasteiger partial charge in [0, 0.05) is 45.0 Å². The van der Waals surface area contributed by atoms with E-state index in [4.69, 9.17) is 24.5 Å². The number of halogens is 6. The van der Waals surface area contributed by atoms with Crippen LogP contribution in [0.15, 0.2) is 24.5 Å². The Hall–Kier alpha value is -2.94. The minimum Gasteiger partial charge on any atom is -0.475 e. The molecule has 15 heteroatoms. The van der Waals surface area contributed by atoms with Gasteiger partial charge in [0.2, 0.25) is 5.91 Å². The van der Waals surface area contributed by atoms with E-state index in [2.05, 4.69) is 9.88 Å². The highest BCUT2D eigenvalue weighted by Gasteiger charge is 2.47. The molecule has 2 atom stereocenters. The van der Waals surface area contributed by atoms with Crippen LogP contribution in [0.2, 0.25) is 0 Å². The number of carbonyl (C=O) groups excluding carboxylic acids is 1. The van der Waals surface area contributed by atoms with Gasteiger partial charge in [-0.15, -0.1) is 0 Å². The van der Waals surface area contributed by atoms with Crippen molar-refractivity contribution in [2.45, 2.75) is 50.1 Å². The lowest BCUT2D eigenvalue weighted by molar-refractivity contribution is -0.193. The highest BCUT2D eigenvalue weighted by Crippen LogP contribution is 2.36. The second kappa shape index (κ2) is 12.3. The van der Waals surface area contributed by atoms with Crippen LogP contribution in [0, 0.1) is 5.92 Å². The second-order valence-corrected chi connectivity index (χ2v) is 8.26. The van der Waals surface area contributed by atoms with Crippen LogP contribution >= 0.6 is 0 Å². The fourth-order valence-corrected chi connectivity index (χ4v) is 4.25. The number of likely N-dealkylation sites (tertiary alicyclic amines) is 1. The highest BCUT2D eigenvalue weighted by molar-refractivity contribution is 5.97. The molecule has 4 heterocycles. The molecular weight excluding hydrogens is 504 g/mol. The molecule has 0 bridgehead atoms. The zero-order valence-corrected chi connectivity index (χ0v) is 18.8. The van der Waals surface area contributed by atoms with Crippen LogP contribution in [0.4, 0.5) is 32.0 Å². The summed E-state index contributed by atoms with van der Waals surface area (Å²) in [5.74, 6) is -4.53. The van der Waals surface area contributed by atoms with E-state index >= 15 is 0 Å². The number of anilines is 1. The smallest absolute Gasteiger partial charge is 0.475 e. The van der Waals surface area contributed by atoms with Crippen LogP contribution in [-0.2, 0) is 19.1 Å². The zero-order chi connectivity index (χ0) is 27.1. The van der Waals surface area contributed by atoms with E-state index in [-0.39, 0.29) is 5.91 Å². The molecular formula is C21H25F6N3O6. The van der Waals surface area contributed by atoms with Crippen LogP contribution in [-0.4, -0.2) is 88.7 Å². The van der Waals surface area contributed by atoms with Gasteiger partial charge in [0.1, 0.15) is 0 Å². The Labute approximate surface area is 201 Å². The number of carboxylic acids is 2. The summed E-state index contributed by atoms with van der Waals surface area (Å²) in [6, 6.07) is 4.62. The van der Waals surface area contributed by atoms with Crippen molar-refractivity contribution in [3.8, 4) is 0 Å². The Kier molecular flexibility index (Phi) is 10.0. The average molecular weight is 529 g/mol. The normalized spacial score (nSPS) is 22.7. The third-order valence-corrected chi connectivity index (χ3v) is 5.85. The number of hydrogen-bond donors (Lipinski definition) is 2. The molecule has 9 nitrogen and oxygen atoms in total. The standard InChI is InChI=1S/C17H23N3O2.2C2HF3O2/c21-17-10-16-15(20(17)14-2-1-6-18-11-14)3-7-19(16)12-13-4-8-22-9-5-13;2*3-2(4,5)1(6)7/h1-2,6,11,13,15-16H,3-5,7-10,12H2;2*(H,6,7)/t15-,16+;;/m0../s1. The van der Waals surface area contributed by atoms with Gasteiger partial charge in [-0.1, -0.05) is 0 Å². The number of ether oxygens (including phenoxy) is 1. The summed E-state index contributed by atoms with van der Waals surface area (Å²) in [6.07, 6.45) is -2.55. The molecule has 36 heavy (non-hydrogen) atoms. The first-order valence-corrected chi connectivity index (χ1v) is 10.9. The monoisotopic (exact) mass is 529 g/mol. The minimum atomic E-state index is -5.08. The quantitative estimate of drug-likeness (QED) is 0.574. The fourth-order valence-electron chi connectivity index (χ4n) is 4.25. The van der Waals surface area contributed by atoms with Gasteiger partial charge < -0.3 is 19.8 Å². The summed E-state index contributed by atoms with van der Waals surface area (Å²) >= 11 is 0. The predicted molar refractivity (Wildman–Crippen MR) is 111 cm³/mol. The third-order valence-electron chi connectivity index (χ3n) is 5.85. The largest absolute Gasteiger partial charge is 0.490 e. The van der Waals surface area contributed by atoms with Crippen LogP contribution in [0.25, 0.3) is 0 Å². The predicted octanol–water partition coefficient (Wildman–Crippen LogP) is 2.95. The van der Waals surface area contributed by atoms with Crippen LogP contribution in [0.1, 0.15) is 25.7 Å². The minimum absolute atomic E-state index is 0.250. The van der Waals surface area contributed by atoms with Crippen molar-refractivity contribution in [1.29, 1.82) is 0 Å². The van der Waals surface area contributed by atoms with Gasteiger partial charge in [0.15, 0.2) is 0 Å². The van der Waals surface area contributed by atoms with Crippen molar-refractivity contribution in [1.82, 2.24) is 9.88 Å². The summed E-state index contributed by atoms with van der Waals surface area (Å²) in [6.45, 7) is 4.02. The number of alkyl halides is 6. The van der Waals surface area contributed by atoms with E-state index in [1.165, 1.54) is 0 Å². The van der Waals surface area contributed by atoms with E-state index in [1.807, 2.05) is 17.0 Å². The van der Waals surface area contributed by atoms with Gasteiger partial charge >= 0.3 is 24.3 Å². The molecule has 0 saturated carbocycles. The van der Waals surface area contributed by atoms with E-state index < -0.39 is 24.3 Å². The van der Waals surface area contributed by atoms with Crippen molar-refractivity contribution in [3.63, 3.8) is 0 Å². The topological polar surface area (TPSA) is 120 Å². The zero-order valence-electron chi connectivity index (χ0n) is 18.8. The van der Waals surface area contributed by atoms with Gasteiger partial charge in [0.25, 0.3) is 0 Å². The van der Waals surface area contributed by atoms with Gasteiger partial charge in [0.05, 0.1) is 17.9 Å². The number of aliphatic carboxylic acids is 2. The number of amides is 1. The maximum Gasteiger partial charge on any atom is 0.490 e. The average Bonchev–Trinajstić information content (AvgIpc) is 3.32. The lowest BCUT2D eigenvalue weighted by Gasteiger charge is -2.30. The molecule has 3 aliphatic rings. The molecule has 0 aromatic carbocycles. The van der Waals surface area contributed by atoms with Crippen molar-refractivity contribution < 1.29 is 55.7 Å². The summed E-state index contributed by atoms with van der Waals surface area (Å²) in [7, 11) is 0. The summed E-state index contributed by atoms with van der Waals surface area (Å²) < 4.78 is 68.9. The Morgan fingerprint density at radius 1 is 1.00 bits per heavy atom. The number of carboxylic acid groups (broad SMARTS) is 2. The Balaban J connectivity index is 0.000000271. The van der Waals surface area contributed by atoms with Crippen LogP contribution < -0.4 is 4.90 Å². The molecule has 2 N–H and O–H groups in total. The SMILES string of the molecule is O=C(O)C(F)(F)F.O=C(O)C(F)(F)F.O=C1C[C@@H]2[C@H](CCN2CC2CCOCC2)N1c1cccnc1. The van der Waals surface area contributed by atoms with Gasteiger partial charge in [-0.05, 0) is 37.3 Å². The molecule has 0 aliphatic carbocycles. The highest BCUT2D eigenvalue weighted by atomic mass is 19.4. The number of carbonyl (C=O) groups is 3. The van der Waals surface area contributed by atoms with E-state index in [0.717, 1.165) is 57.2 Å². The van der Waals surface area contributed by atoms with Crippen molar-refractivity contribution >= 4 is 23.5 Å². The van der Waals surface area contributed by atoms with E-state index in [0.29, 0.717) is 18.5 Å². The number of rotatable bonds is 3. The van der Waals surface area contributed by atoms with Crippen LogP contribution in [0.5, 0.6) is 0 Å². The maximum atomic E-state index is 12.5. The molecule has 3 fully saturated rings. The summed E-state index contributed by atoms with van der Waals surface area (Å²) in [5.41, 5.74) is 0.952. The molecule has 0 unspecified atom stereocenters. The third kappa shape index (κ3) is 8.33. The first-order valence-electron chi connectivity index (χ1n) is 10.9. The maximum absolute atomic E-state index is 12.5. The van der Waals surface area contributed by atoms with Gasteiger partial charge in [-0.25, -0.2) is 9.59 Å². The summed E-state index contributed by atoms with van der Waals surface area (Å²) in [4.78, 5) is 39.0. The Bertz CT molecular complexity index is 868. The van der Waals surface area contributed by atoms with Crippen molar-refractivity contribution in [2.75, 3.05) is 31.2 Å². The molecule has 0 spiro atoms. The fraction of sp³-hybridized carbons (Fsp3) is 0.619. The van der Waals surface area contributed by atoms with Gasteiger partial charge in [-0.3, -0.25) is 14.7 Å². The molecule has 3 aliphatic heterocycles. The van der Waals surface area contributed by atoms with Crippen molar-refractivity contribution in [2.24, 2.45) is 5.92 Å². The second-order valence-electron chi connectivity index (χ2n) is 8.26. The first-order chi connectivity index (χ1) is 16.7. The first kappa shape index (κ1) is 29.3. The van der Waals surface area contributed by atoms with E-state index in [9.17, 15) is 31.1 Å². The molecule has 0 radical (unpaired) electrons. The number of pyridine rings is 1. The lowest BCUT2D eigenvalue weighted by atomic mass is 9.99. The van der Waals surface area contributed by atoms with E-state index in [1.54, 1.807) is 12.4 Å². The number of nitrogens with zero attached hydrogens (tertiary/aromatic N) is 3. The molecule has 1 amide bonds. The molecule has 4 rings (SSSR count). The lowest BCUT2D eigenvalue weighted by Crippen LogP contribution is -2.39. The number of fused-ring (bicyclic) bond motifs is 1. The Morgan fingerprint density at radius 2 is 1.56 bits per heavy atom. The molecule has 1 aromatic heterocycles. The van der Waals surface area contributed by atoms with Crippen molar-refractivity contribution in [3.05, 3.63) is 24.5 Å². The van der Waals surface area contributed by atoms with Gasteiger partial charge in [-0.2, -0.15) is 26.3 Å². The Morgan fingerprint density at radius 3 is 2.03 bits per heavy atom. The summed E-state index contributed by atoms with van der Waals surface area (Å²) in [5, 5.41) is 14.2.